The Bertz CT molecular complexity index is 747. The van der Waals surface area contributed by atoms with Crippen molar-refractivity contribution < 1.29 is 13.9 Å². The summed E-state index contributed by atoms with van der Waals surface area (Å²) in [5.74, 6) is 1.20. The number of hydrogen-bond acceptors (Lipinski definition) is 6. The molecule has 7 heteroatoms. The number of rotatable bonds is 4. The number of amides is 1. The molecule has 0 bridgehead atoms. The molecule has 0 N–H and O–H groups in total. The van der Waals surface area contributed by atoms with Gasteiger partial charge >= 0.3 is 0 Å². The van der Waals surface area contributed by atoms with Gasteiger partial charge in [0, 0.05) is 38.9 Å². The minimum absolute atomic E-state index is 0.0399. The number of carbonyl (C=O) groups is 1. The van der Waals surface area contributed by atoms with Gasteiger partial charge in [-0.15, -0.1) is 0 Å². The van der Waals surface area contributed by atoms with Crippen LogP contribution in [0.4, 0.5) is 0 Å². The van der Waals surface area contributed by atoms with Crippen LogP contribution in [0.25, 0.3) is 0 Å². The second-order valence-corrected chi connectivity index (χ2v) is 7.11. The lowest BCUT2D eigenvalue weighted by Gasteiger charge is -2.40. The van der Waals surface area contributed by atoms with Crippen molar-refractivity contribution in [2.45, 2.75) is 32.0 Å². The lowest BCUT2D eigenvalue weighted by Crippen LogP contribution is -2.53. The lowest BCUT2D eigenvalue weighted by molar-refractivity contribution is -0.0159. The van der Waals surface area contributed by atoms with Crippen molar-refractivity contribution >= 4 is 5.91 Å². The maximum atomic E-state index is 13.0. The number of carbonyl (C=O) groups excluding carboxylic acids is 1. The van der Waals surface area contributed by atoms with E-state index in [4.69, 9.17) is 9.15 Å². The fourth-order valence-corrected chi connectivity index (χ4v) is 4.18. The number of furan rings is 1. The summed E-state index contributed by atoms with van der Waals surface area (Å²) in [7, 11) is 1.76. The summed E-state index contributed by atoms with van der Waals surface area (Å²) in [4.78, 5) is 25.8. The van der Waals surface area contributed by atoms with Gasteiger partial charge in [-0.2, -0.15) is 0 Å². The second kappa shape index (κ2) is 7.17. The molecule has 0 radical (unpaired) electrons. The number of likely N-dealkylation sites (tertiary alicyclic amines) is 2. The van der Waals surface area contributed by atoms with E-state index < -0.39 is 0 Å². The van der Waals surface area contributed by atoms with E-state index in [1.807, 2.05) is 24.0 Å². The molecule has 0 saturated carbocycles. The highest BCUT2D eigenvalue weighted by Crippen LogP contribution is 2.34. The highest BCUT2D eigenvalue weighted by molar-refractivity contribution is 5.92. The lowest BCUT2D eigenvalue weighted by atomic mass is 9.89. The van der Waals surface area contributed by atoms with Crippen molar-refractivity contribution in [2.75, 3.05) is 26.7 Å². The molecule has 2 aromatic heterocycles. The summed E-state index contributed by atoms with van der Waals surface area (Å²) >= 11 is 0. The number of aryl methyl sites for hydroxylation is 1. The Balaban J connectivity index is 1.53. The van der Waals surface area contributed by atoms with Crippen LogP contribution in [0.2, 0.25) is 0 Å². The molecule has 3 atom stereocenters. The Labute approximate surface area is 153 Å². The summed E-state index contributed by atoms with van der Waals surface area (Å²) in [6.45, 7) is 5.01. The first kappa shape index (κ1) is 17.2. The summed E-state index contributed by atoms with van der Waals surface area (Å²) in [5, 5.41) is 0. The number of hydrogen-bond donors (Lipinski definition) is 0. The molecule has 0 aromatic carbocycles. The number of aromatic nitrogens is 2. The minimum atomic E-state index is -0.0399. The maximum absolute atomic E-state index is 13.0. The highest BCUT2D eigenvalue weighted by atomic mass is 16.5. The zero-order valence-corrected chi connectivity index (χ0v) is 15.2. The monoisotopic (exact) mass is 356 g/mol. The molecule has 2 fully saturated rings. The van der Waals surface area contributed by atoms with Gasteiger partial charge in [-0.05, 0) is 25.5 Å². The smallest absolute Gasteiger partial charge is 0.274 e. The third kappa shape index (κ3) is 3.24. The van der Waals surface area contributed by atoms with Gasteiger partial charge in [-0.3, -0.25) is 14.7 Å². The predicted molar refractivity (Wildman–Crippen MR) is 94.5 cm³/mol. The van der Waals surface area contributed by atoms with Crippen LogP contribution < -0.4 is 0 Å². The molecule has 2 aromatic rings. The fourth-order valence-electron chi connectivity index (χ4n) is 4.18. The van der Waals surface area contributed by atoms with Crippen LogP contribution in [-0.4, -0.2) is 64.6 Å². The van der Waals surface area contributed by atoms with Gasteiger partial charge in [-0.25, -0.2) is 4.98 Å². The average molecular weight is 356 g/mol. The molecule has 26 heavy (non-hydrogen) atoms. The Hall–Kier alpha value is -2.25. The number of piperidine rings is 1. The third-order valence-corrected chi connectivity index (χ3v) is 5.46. The Morgan fingerprint density at radius 1 is 1.35 bits per heavy atom. The molecule has 2 aliphatic heterocycles. The molecular formula is C19H24N4O3. The van der Waals surface area contributed by atoms with Gasteiger partial charge in [0.05, 0.1) is 36.8 Å². The molecule has 4 rings (SSSR count). The first-order chi connectivity index (χ1) is 12.7. The van der Waals surface area contributed by atoms with Crippen molar-refractivity contribution in [2.24, 2.45) is 5.92 Å². The molecular weight excluding hydrogens is 332 g/mol. The highest BCUT2D eigenvalue weighted by Gasteiger charge is 2.46. The summed E-state index contributed by atoms with van der Waals surface area (Å²) in [6, 6.07) is 4.02. The first-order valence-corrected chi connectivity index (χ1v) is 9.03. The van der Waals surface area contributed by atoms with Crippen molar-refractivity contribution in [1.29, 1.82) is 0 Å². The number of fused-ring (bicyclic) bond motifs is 1. The van der Waals surface area contributed by atoms with Gasteiger partial charge in [-0.1, -0.05) is 0 Å². The second-order valence-electron chi connectivity index (χ2n) is 7.11. The largest absolute Gasteiger partial charge is 0.468 e. The number of methoxy groups -OCH3 is 1. The Morgan fingerprint density at radius 2 is 2.23 bits per heavy atom. The van der Waals surface area contributed by atoms with E-state index in [9.17, 15) is 4.79 Å². The zero-order chi connectivity index (χ0) is 18.1. The van der Waals surface area contributed by atoms with E-state index in [0.717, 1.165) is 37.5 Å². The first-order valence-electron chi connectivity index (χ1n) is 9.03. The van der Waals surface area contributed by atoms with Gasteiger partial charge in [0.2, 0.25) is 0 Å². The maximum Gasteiger partial charge on any atom is 0.274 e. The topological polar surface area (TPSA) is 71.7 Å². The van der Waals surface area contributed by atoms with E-state index >= 15 is 0 Å². The van der Waals surface area contributed by atoms with E-state index in [2.05, 4.69) is 14.9 Å². The normalized spacial score (nSPS) is 26.1. The molecule has 0 spiro atoms. The molecule has 4 heterocycles. The Kier molecular flexibility index (Phi) is 4.74. The fraction of sp³-hybridized carbons (Fsp3) is 0.526. The van der Waals surface area contributed by atoms with Crippen LogP contribution >= 0.6 is 0 Å². The summed E-state index contributed by atoms with van der Waals surface area (Å²) < 4.78 is 11.2. The van der Waals surface area contributed by atoms with Gasteiger partial charge in [0.25, 0.3) is 5.91 Å². The van der Waals surface area contributed by atoms with E-state index in [-0.39, 0.29) is 18.1 Å². The van der Waals surface area contributed by atoms with Crippen LogP contribution in [-0.2, 0) is 11.3 Å². The summed E-state index contributed by atoms with van der Waals surface area (Å²) in [5.41, 5.74) is 1.22. The van der Waals surface area contributed by atoms with Crippen LogP contribution in [0.5, 0.6) is 0 Å². The molecule has 7 nitrogen and oxygen atoms in total. The zero-order valence-electron chi connectivity index (χ0n) is 15.2. The van der Waals surface area contributed by atoms with Crippen LogP contribution in [0, 0.1) is 12.8 Å². The minimum Gasteiger partial charge on any atom is -0.468 e. The van der Waals surface area contributed by atoms with E-state index in [0.29, 0.717) is 18.2 Å². The average Bonchev–Trinajstić information content (AvgIpc) is 3.30. The van der Waals surface area contributed by atoms with Crippen LogP contribution in [0.1, 0.15) is 28.4 Å². The van der Waals surface area contributed by atoms with Gasteiger partial charge < -0.3 is 14.1 Å². The van der Waals surface area contributed by atoms with E-state index in [1.54, 1.807) is 25.8 Å². The van der Waals surface area contributed by atoms with Gasteiger partial charge in [0.1, 0.15) is 11.5 Å². The quantitative estimate of drug-likeness (QED) is 0.831. The Morgan fingerprint density at radius 3 is 2.92 bits per heavy atom. The molecule has 2 aliphatic rings. The number of nitrogens with zero attached hydrogens (tertiary/aromatic N) is 4. The van der Waals surface area contributed by atoms with Crippen molar-refractivity contribution in [3.05, 3.63) is 47.9 Å². The van der Waals surface area contributed by atoms with Crippen molar-refractivity contribution in [3.8, 4) is 0 Å². The molecule has 2 saturated heterocycles. The summed E-state index contributed by atoms with van der Waals surface area (Å²) in [6.07, 6.45) is 5.93. The SMILES string of the molecule is CO[C@H]1CCN(C(=O)c2cnc(C)cn2)[C@H]2CN(Cc3ccco3)C[C@@H]12. The molecule has 1 amide bonds. The molecule has 138 valence electrons. The van der Waals surface area contributed by atoms with Crippen LogP contribution in [0.3, 0.4) is 0 Å². The predicted octanol–water partition coefficient (Wildman–Crippen LogP) is 1.74. The third-order valence-electron chi connectivity index (χ3n) is 5.46. The molecule has 0 aliphatic carbocycles. The van der Waals surface area contributed by atoms with Gasteiger partial charge in [0.15, 0.2) is 0 Å². The van der Waals surface area contributed by atoms with Crippen molar-refractivity contribution in [1.82, 2.24) is 19.8 Å². The van der Waals surface area contributed by atoms with Crippen LogP contribution in [0.15, 0.2) is 35.2 Å². The number of ether oxygens (including phenoxy) is 1. The van der Waals surface area contributed by atoms with E-state index in [1.165, 1.54) is 0 Å². The van der Waals surface area contributed by atoms with Crippen molar-refractivity contribution in [3.63, 3.8) is 0 Å². The molecule has 0 unspecified atom stereocenters. The standard InChI is InChI=1S/C19H24N4O3/c1-13-8-21-16(9-20-13)19(24)23-6-5-18(25-2)15-11-22(12-17(15)23)10-14-4-3-7-26-14/h3-4,7-9,15,17-18H,5-6,10-12H2,1-2H3/t15-,17+,18+/m1/s1.